The van der Waals surface area contributed by atoms with Gasteiger partial charge in [0.2, 0.25) is 0 Å². The van der Waals surface area contributed by atoms with Crippen molar-refractivity contribution in [3.05, 3.63) is 77.4 Å². The SMILES string of the molecule is CC(C)(C)OC(=O)NCC=Cc1ccccc1C(=O)c1ccccc1. The lowest BCUT2D eigenvalue weighted by atomic mass is 9.98. The Morgan fingerprint density at radius 2 is 1.64 bits per heavy atom. The van der Waals surface area contributed by atoms with Crippen molar-refractivity contribution in [2.45, 2.75) is 26.4 Å². The maximum Gasteiger partial charge on any atom is 0.407 e. The number of ketones is 1. The summed E-state index contributed by atoms with van der Waals surface area (Å²) in [5.74, 6) is -0.0269. The van der Waals surface area contributed by atoms with Crippen molar-refractivity contribution in [2.24, 2.45) is 0 Å². The summed E-state index contributed by atoms with van der Waals surface area (Å²) in [4.78, 5) is 24.2. The Morgan fingerprint density at radius 3 is 2.32 bits per heavy atom. The molecule has 4 heteroatoms. The zero-order valence-electron chi connectivity index (χ0n) is 14.8. The fraction of sp³-hybridized carbons (Fsp3) is 0.238. The van der Waals surface area contributed by atoms with Gasteiger partial charge in [-0.15, -0.1) is 0 Å². The number of carbonyl (C=O) groups excluding carboxylic acids is 2. The molecule has 25 heavy (non-hydrogen) atoms. The highest BCUT2D eigenvalue weighted by Gasteiger charge is 2.15. The molecule has 0 radical (unpaired) electrons. The van der Waals surface area contributed by atoms with Crippen molar-refractivity contribution < 1.29 is 14.3 Å². The predicted octanol–water partition coefficient (Wildman–Crippen LogP) is 4.46. The number of ether oxygens (including phenoxy) is 1. The summed E-state index contributed by atoms with van der Waals surface area (Å²) in [7, 11) is 0. The van der Waals surface area contributed by atoms with Gasteiger partial charge in [0.05, 0.1) is 0 Å². The van der Waals surface area contributed by atoms with Crippen LogP contribution in [0.3, 0.4) is 0 Å². The van der Waals surface area contributed by atoms with Gasteiger partial charge in [0, 0.05) is 17.7 Å². The van der Waals surface area contributed by atoms with E-state index in [0.29, 0.717) is 17.7 Å². The minimum atomic E-state index is -0.525. The van der Waals surface area contributed by atoms with E-state index in [1.165, 1.54) is 0 Å². The molecule has 2 aromatic rings. The molecule has 0 heterocycles. The molecule has 1 amide bonds. The minimum absolute atomic E-state index is 0.0269. The number of alkyl carbamates (subject to hydrolysis) is 1. The molecule has 0 bridgehead atoms. The van der Waals surface area contributed by atoms with E-state index in [1.54, 1.807) is 24.3 Å². The molecule has 0 aliphatic heterocycles. The van der Waals surface area contributed by atoms with Crippen LogP contribution in [0.1, 0.15) is 42.3 Å². The number of amides is 1. The second-order valence-corrected chi connectivity index (χ2v) is 6.57. The van der Waals surface area contributed by atoms with Crippen LogP contribution in [0.4, 0.5) is 4.79 Å². The lowest BCUT2D eigenvalue weighted by Crippen LogP contribution is -2.32. The summed E-state index contributed by atoms with van der Waals surface area (Å²) in [5, 5.41) is 2.66. The molecule has 0 saturated heterocycles. The van der Waals surface area contributed by atoms with Gasteiger partial charge in [-0.2, -0.15) is 0 Å². The third-order valence-corrected chi connectivity index (χ3v) is 3.30. The van der Waals surface area contributed by atoms with Crippen LogP contribution in [0.25, 0.3) is 6.08 Å². The van der Waals surface area contributed by atoms with Crippen LogP contribution in [-0.2, 0) is 4.74 Å². The molecule has 4 nitrogen and oxygen atoms in total. The largest absolute Gasteiger partial charge is 0.444 e. The third-order valence-electron chi connectivity index (χ3n) is 3.30. The summed E-state index contributed by atoms with van der Waals surface area (Å²) in [6.45, 7) is 5.76. The van der Waals surface area contributed by atoms with Crippen molar-refractivity contribution >= 4 is 18.0 Å². The topological polar surface area (TPSA) is 55.4 Å². The number of carbonyl (C=O) groups is 2. The van der Waals surface area contributed by atoms with Crippen molar-refractivity contribution in [1.29, 1.82) is 0 Å². The van der Waals surface area contributed by atoms with Crippen LogP contribution in [0, 0.1) is 0 Å². The molecule has 130 valence electrons. The first-order valence-corrected chi connectivity index (χ1v) is 8.19. The second kappa shape index (κ2) is 8.29. The van der Waals surface area contributed by atoms with Gasteiger partial charge >= 0.3 is 6.09 Å². The molecular formula is C21H23NO3. The molecule has 1 N–H and O–H groups in total. The van der Waals surface area contributed by atoms with Gasteiger partial charge in [0.25, 0.3) is 0 Å². The van der Waals surface area contributed by atoms with E-state index >= 15 is 0 Å². The standard InChI is InChI=1S/C21H23NO3/c1-21(2,3)25-20(24)22-15-9-13-16-10-7-8-14-18(16)19(23)17-11-5-4-6-12-17/h4-14H,15H2,1-3H3,(H,22,24). The molecule has 0 spiro atoms. The van der Waals surface area contributed by atoms with Crippen molar-refractivity contribution in [2.75, 3.05) is 6.54 Å². The lowest BCUT2D eigenvalue weighted by Gasteiger charge is -2.19. The van der Waals surface area contributed by atoms with Crippen molar-refractivity contribution in [3.63, 3.8) is 0 Å². The molecular weight excluding hydrogens is 314 g/mol. The van der Waals surface area contributed by atoms with Crippen LogP contribution < -0.4 is 5.32 Å². The van der Waals surface area contributed by atoms with Gasteiger partial charge in [-0.3, -0.25) is 4.79 Å². The minimum Gasteiger partial charge on any atom is -0.444 e. The fourth-order valence-corrected chi connectivity index (χ4v) is 2.24. The summed E-state index contributed by atoms with van der Waals surface area (Å²) in [5.41, 5.74) is 1.56. The van der Waals surface area contributed by atoms with Gasteiger partial charge in [-0.05, 0) is 26.3 Å². The van der Waals surface area contributed by atoms with Gasteiger partial charge in [0.1, 0.15) is 5.60 Å². The lowest BCUT2D eigenvalue weighted by molar-refractivity contribution is 0.0534. The smallest absolute Gasteiger partial charge is 0.407 e. The van der Waals surface area contributed by atoms with E-state index in [-0.39, 0.29) is 5.78 Å². The maximum atomic E-state index is 12.6. The van der Waals surface area contributed by atoms with Crippen LogP contribution in [0.5, 0.6) is 0 Å². The maximum absolute atomic E-state index is 12.6. The van der Waals surface area contributed by atoms with Gasteiger partial charge in [0.15, 0.2) is 5.78 Å². The molecule has 2 rings (SSSR count). The Hall–Kier alpha value is -2.88. The first kappa shape index (κ1) is 18.5. The van der Waals surface area contributed by atoms with E-state index in [1.807, 2.05) is 63.2 Å². The van der Waals surface area contributed by atoms with Crippen LogP contribution in [0.15, 0.2) is 60.7 Å². The zero-order chi connectivity index (χ0) is 18.3. The normalized spacial score (nSPS) is 11.3. The van der Waals surface area contributed by atoms with Crippen LogP contribution >= 0.6 is 0 Å². The third kappa shape index (κ3) is 5.92. The van der Waals surface area contributed by atoms with Crippen molar-refractivity contribution in [3.8, 4) is 0 Å². The fourth-order valence-electron chi connectivity index (χ4n) is 2.24. The van der Waals surface area contributed by atoms with E-state index < -0.39 is 11.7 Å². The molecule has 0 unspecified atom stereocenters. The number of nitrogens with one attached hydrogen (secondary N) is 1. The number of benzene rings is 2. The highest BCUT2D eigenvalue weighted by atomic mass is 16.6. The van der Waals surface area contributed by atoms with E-state index in [2.05, 4.69) is 5.32 Å². The number of hydrogen-bond acceptors (Lipinski definition) is 3. The Labute approximate surface area is 148 Å². The van der Waals surface area contributed by atoms with Gasteiger partial charge in [-0.25, -0.2) is 4.79 Å². The molecule has 0 aromatic heterocycles. The van der Waals surface area contributed by atoms with E-state index in [9.17, 15) is 9.59 Å². The molecule has 2 aromatic carbocycles. The average molecular weight is 337 g/mol. The first-order chi connectivity index (χ1) is 11.9. The molecule has 0 aliphatic rings. The summed E-state index contributed by atoms with van der Waals surface area (Å²) < 4.78 is 5.17. The van der Waals surface area contributed by atoms with Gasteiger partial charge in [-0.1, -0.05) is 66.7 Å². The number of hydrogen-bond donors (Lipinski definition) is 1. The van der Waals surface area contributed by atoms with Crippen LogP contribution in [0.2, 0.25) is 0 Å². The summed E-state index contributed by atoms with van der Waals surface area (Å²) in [6.07, 6.45) is 3.15. The highest BCUT2D eigenvalue weighted by molar-refractivity contribution is 6.11. The molecule has 0 atom stereocenters. The van der Waals surface area contributed by atoms with Gasteiger partial charge < -0.3 is 10.1 Å². The molecule has 0 fully saturated rings. The Kier molecular flexibility index (Phi) is 6.12. The molecule has 0 aliphatic carbocycles. The van der Waals surface area contributed by atoms with E-state index in [4.69, 9.17) is 4.74 Å². The monoisotopic (exact) mass is 337 g/mol. The highest BCUT2D eigenvalue weighted by Crippen LogP contribution is 2.16. The Balaban J connectivity index is 2.03. The quantitative estimate of drug-likeness (QED) is 0.820. The predicted molar refractivity (Wildman–Crippen MR) is 99.6 cm³/mol. The zero-order valence-corrected chi connectivity index (χ0v) is 14.8. The second-order valence-electron chi connectivity index (χ2n) is 6.57. The summed E-state index contributed by atoms with van der Waals surface area (Å²) in [6, 6.07) is 16.6. The first-order valence-electron chi connectivity index (χ1n) is 8.19. The average Bonchev–Trinajstić information content (AvgIpc) is 2.58. The van der Waals surface area contributed by atoms with Crippen molar-refractivity contribution in [1.82, 2.24) is 5.32 Å². The van der Waals surface area contributed by atoms with E-state index in [0.717, 1.165) is 5.56 Å². The Bertz CT molecular complexity index is 758. The molecule has 0 saturated carbocycles. The Morgan fingerprint density at radius 1 is 1.00 bits per heavy atom. The van der Waals surface area contributed by atoms with Crippen LogP contribution in [-0.4, -0.2) is 24.0 Å². The summed E-state index contributed by atoms with van der Waals surface area (Å²) >= 11 is 0. The number of rotatable bonds is 5.